The van der Waals surface area contributed by atoms with Gasteiger partial charge in [0.15, 0.2) is 0 Å². The van der Waals surface area contributed by atoms with Crippen molar-refractivity contribution in [2.24, 2.45) is 5.92 Å². The van der Waals surface area contributed by atoms with Gasteiger partial charge in [-0.15, -0.1) is 0 Å². The van der Waals surface area contributed by atoms with E-state index in [0.717, 1.165) is 0 Å². The molecule has 2 aromatic carbocycles. The highest BCUT2D eigenvalue weighted by Crippen LogP contribution is 2.39. The first-order valence-electron chi connectivity index (χ1n) is 6.48. The molecule has 0 saturated heterocycles. The van der Waals surface area contributed by atoms with Gasteiger partial charge in [-0.05, 0) is 34.0 Å². The molecule has 2 aliphatic carbocycles. The van der Waals surface area contributed by atoms with Crippen molar-refractivity contribution >= 4 is 16.8 Å². The van der Waals surface area contributed by atoms with Gasteiger partial charge in [-0.2, -0.15) is 0 Å². The number of rotatable bonds is 0. The minimum Gasteiger partial charge on any atom is -0.0767 e. The van der Waals surface area contributed by atoms with Crippen LogP contribution in [0.5, 0.6) is 0 Å². The van der Waals surface area contributed by atoms with Crippen LogP contribution >= 0.6 is 0 Å². The summed E-state index contributed by atoms with van der Waals surface area (Å²) in [5, 5.41) is 2.67. The third-order valence-corrected chi connectivity index (χ3v) is 3.99. The van der Waals surface area contributed by atoms with Crippen molar-refractivity contribution in [3.05, 3.63) is 77.9 Å². The third-order valence-electron chi connectivity index (χ3n) is 3.99. The predicted octanol–water partition coefficient (Wildman–Crippen LogP) is 4.69. The fourth-order valence-electron chi connectivity index (χ4n) is 3.04. The van der Waals surface area contributed by atoms with Crippen LogP contribution in [0.25, 0.3) is 16.8 Å². The van der Waals surface area contributed by atoms with Crippen LogP contribution in [0.1, 0.15) is 17.0 Å². The van der Waals surface area contributed by atoms with Crippen molar-refractivity contribution in [2.75, 3.05) is 0 Å². The van der Waals surface area contributed by atoms with Gasteiger partial charge in [0.05, 0.1) is 0 Å². The molecule has 0 aliphatic heterocycles. The molecule has 2 aromatic rings. The maximum atomic E-state index is 2.36. The number of hydrogen-bond donors (Lipinski definition) is 0. The molecule has 0 aromatic heterocycles. The first kappa shape index (κ1) is 9.90. The summed E-state index contributed by atoms with van der Waals surface area (Å²) in [6.45, 7) is 0. The lowest BCUT2D eigenvalue weighted by Gasteiger charge is -2.27. The number of hydrogen-bond acceptors (Lipinski definition) is 0. The summed E-state index contributed by atoms with van der Waals surface area (Å²) in [5.41, 5.74) is 2.83. The summed E-state index contributed by atoms with van der Waals surface area (Å²) in [4.78, 5) is 0. The molecule has 4 rings (SSSR count). The van der Waals surface area contributed by atoms with Gasteiger partial charge in [0.2, 0.25) is 0 Å². The van der Waals surface area contributed by atoms with Gasteiger partial charge in [-0.25, -0.2) is 0 Å². The fourth-order valence-corrected chi connectivity index (χ4v) is 3.04. The highest BCUT2D eigenvalue weighted by atomic mass is 14.3. The molecule has 18 heavy (non-hydrogen) atoms. The lowest BCUT2D eigenvalue weighted by atomic mass is 9.76. The normalized spacial score (nSPS) is 24.0. The highest BCUT2D eigenvalue weighted by Gasteiger charge is 2.23. The summed E-state index contributed by atoms with van der Waals surface area (Å²) in [7, 11) is 0. The van der Waals surface area contributed by atoms with Gasteiger partial charge in [-0.3, -0.25) is 0 Å². The quantitative estimate of drug-likeness (QED) is 0.615. The zero-order valence-electron chi connectivity index (χ0n) is 10.1. The van der Waals surface area contributed by atoms with Crippen LogP contribution in [0.15, 0.2) is 66.8 Å². The largest absolute Gasteiger partial charge is 0.0767 e. The monoisotopic (exact) mass is 230 g/mol. The SMILES string of the molecule is C1=CC2C=Cc3cc4ccccc4cc3C2C=C1. The van der Waals surface area contributed by atoms with Crippen molar-refractivity contribution in [2.45, 2.75) is 5.92 Å². The molecule has 0 radical (unpaired) electrons. The van der Waals surface area contributed by atoms with E-state index in [1.54, 1.807) is 0 Å². The van der Waals surface area contributed by atoms with Crippen molar-refractivity contribution in [1.29, 1.82) is 0 Å². The molecule has 0 saturated carbocycles. The van der Waals surface area contributed by atoms with Crippen LogP contribution in [0, 0.1) is 5.92 Å². The second kappa shape index (κ2) is 3.71. The molecule has 0 bridgehead atoms. The molecule has 2 unspecified atom stereocenters. The molecule has 0 spiro atoms. The highest BCUT2D eigenvalue weighted by molar-refractivity contribution is 5.87. The fraction of sp³-hybridized carbons (Fsp3) is 0.111. The van der Waals surface area contributed by atoms with E-state index in [1.165, 1.54) is 21.9 Å². The topological polar surface area (TPSA) is 0 Å². The van der Waals surface area contributed by atoms with Gasteiger partial charge in [0.25, 0.3) is 0 Å². The van der Waals surface area contributed by atoms with E-state index in [4.69, 9.17) is 0 Å². The van der Waals surface area contributed by atoms with Crippen molar-refractivity contribution in [3.8, 4) is 0 Å². The van der Waals surface area contributed by atoms with E-state index < -0.39 is 0 Å². The molecule has 0 heteroatoms. The molecule has 0 nitrogen and oxygen atoms in total. The number of benzene rings is 2. The maximum Gasteiger partial charge on any atom is 0.0125 e. The van der Waals surface area contributed by atoms with Crippen molar-refractivity contribution < 1.29 is 0 Å². The van der Waals surface area contributed by atoms with Gasteiger partial charge >= 0.3 is 0 Å². The van der Waals surface area contributed by atoms with E-state index >= 15 is 0 Å². The molecule has 0 N–H and O–H groups in total. The molecule has 0 fully saturated rings. The Morgan fingerprint density at radius 3 is 2.44 bits per heavy atom. The summed E-state index contributed by atoms with van der Waals surface area (Å²) in [5.74, 6) is 1.04. The second-order valence-electron chi connectivity index (χ2n) is 5.06. The zero-order chi connectivity index (χ0) is 11.9. The predicted molar refractivity (Wildman–Crippen MR) is 77.5 cm³/mol. The van der Waals surface area contributed by atoms with Gasteiger partial charge in [0, 0.05) is 11.8 Å². The molecular weight excluding hydrogens is 216 g/mol. The van der Waals surface area contributed by atoms with Crippen LogP contribution < -0.4 is 0 Å². The average Bonchev–Trinajstić information content (AvgIpc) is 2.45. The summed E-state index contributed by atoms with van der Waals surface area (Å²) in [6, 6.07) is 13.3. The van der Waals surface area contributed by atoms with E-state index in [0.29, 0.717) is 11.8 Å². The Morgan fingerprint density at radius 2 is 1.56 bits per heavy atom. The van der Waals surface area contributed by atoms with E-state index in [-0.39, 0.29) is 0 Å². The third kappa shape index (κ3) is 1.39. The summed E-state index contributed by atoms with van der Waals surface area (Å²) >= 11 is 0. The molecule has 0 heterocycles. The van der Waals surface area contributed by atoms with E-state index in [2.05, 4.69) is 72.9 Å². The molecule has 86 valence electrons. The van der Waals surface area contributed by atoms with Crippen molar-refractivity contribution in [3.63, 3.8) is 0 Å². The Bertz CT molecular complexity index is 701. The minimum atomic E-state index is 0.514. The Hall–Kier alpha value is -2.08. The van der Waals surface area contributed by atoms with Crippen molar-refractivity contribution in [1.82, 2.24) is 0 Å². The molecular formula is C18H14. The van der Waals surface area contributed by atoms with Gasteiger partial charge in [-0.1, -0.05) is 60.7 Å². The Morgan fingerprint density at radius 1 is 0.778 bits per heavy atom. The average molecular weight is 230 g/mol. The lowest BCUT2D eigenvalue weighted by molar-refractivity contribution is 0.693. The molecule has 2 atom stereocenters. The standard InChI is InChI=1S/C18H14/c1-2-7-15-12-18-16(11-14(15)6-1)10-9-13-5-3-4-8-17(13)18/h1-13,17H. The van der Waals surface area contributed by atoms with Crippen LogP contribution in [0.3, 0.4) is 0 Å². The Kier molecular flexibility index (Phi) is 2.04. The number of allylic oxidation sites excluding steroid dienone is 5. The molecule has 0 amide bonds. The first-order chi connectivity index (χ1) is 8.92. The lowest BCUT2D eigenvalue weighted by Crippen LogP contribution is -2.13. The van der Waals surface area contributed by atoms with Crippen LogP contribution in [-0.2, 0) is 0 Å². The van der Waals surface area contributed by atoms with E-state index in [9.17, 15) is 0 Å². The summed E-state index contributed by atoms with van der Waals surface area (Å²) < 4.78 is 0. The smallest absolute Gasteiger partial charge is 0.0125 e. The van der Waals surface area contributed by atoms with Crippen LogP contribution in [-0.4, -0.2) is 0 Å². The zero-order valence-corrected chi connectivity index (χ0v) is 10.1. The Labute approximate surface area is 107 Å². The molecule has 2 aliphatic rings. The Balaban J connectivity index is 1.98. The van der Waals surface area contributed by atoms with E-state index in [1.807, 2.05) is 0 Å². The van der Waals surface area contributed by atoms with Crippen LogP contribution in [0.4, 0.5) is 0 Å². The van der Waals surface area contributed by atoms with Gasteiger partial charge < -0.3 is 0 Å². The summed E-state index contributed by atoms with van der Waals surface area (Å²) in [6.07, 6.45) is 13.5. The van der Waals surface area contributed by atoms with Crippen LogP contribution in [0.2, 0.25) is 0 Å². The number of fused-ring (bicyclic) bond motifs is 4. The first-order valence-corrected chi connectivity index (χ1v) is 6.48. The maximum absolute atomic E-state index is 2.36. The minimum absolute atomic E-state index is 0.514. The second-order valence-corrected chi connectivity index (χ2v) is 5.06. The van der Waals surface area contributed by atoms with Gasteiger partial charge in [0.1, 0.15) is 0 Å².